The number of aromatic nitrogens is 2. The van der Waals surface area contributed by atoms with Gasteiger partial charge < -0.3 is 4.74 Å². The summed E-state index contributed by atoms with van der Waals surface area (Å²) in [5.41, 5.74) is 6.71. The molecule has 4 aromatic rings. The topological polar surface area (TPSA) is 68.5 Å². The van der Waals surface area contributed by atoms with Gasteiger partial charge in [-0.3, -0.25) is 4.79 Å². The number of para-hydroxylation sites is 2. The van der Waals surface area contributed by atoms with Crippen LogP contribution in [0.4, 0.5) is 0 Å². The van der Waals surface area contributed by atoms with Gasteiger partial charge in [-0.1, -0.05) is 54.1 Å². The molecule has 0 fully saturated rings. The summed E-state index contributed by atoms with van der Waals surface area (Å²) in [6.07, 6.45) is 1.74. The predicted molar refractivity (Wildman–Crippen MR) is 126 cm³/mol. The zero-order valence-corrected chi connectivity index (χ0v) is 18.2. The molecule has 0 aliphatic heterocycles. The second kappa shape index (κ2) is 9.94. The van der Waals surface area contributed by atoms with Gasteiger partial charge in [-0.25, -0.2) is 10.1 Å². The summed E-state index contributed by atoms with van der Waals surface area (Å²) in [5.74, 6) is 0.225. The lowest BCUT2D eigenvalue weighted by atomic mass is 10.1. The van der Waals surface area contributed by atoms with Crippen LogP contribution < -0.4 is 10.2 Å². The highest BCUT2D eigenvalue weighted by molar-refractivity contribution is 6.30. The standard InChI is InChI=1S/C25H21ClN4O2/c1-18(19-11-13-20(26)14-12-19)28-29-25(31)17-32-24-10-6-5-9-22(24)23-15-16-27-30(23)21-7-3-2-4-8-21/h2-16H,17H2,1H3,(H,29,31)/b28-18+. The minimum atomic E-state index is -0.357. The quantitative estimate of drug-likeness (QED) is 0.318. The van der Waals surface area contributed by atoms with Gasteiger partial charge in [-0.05, 0) is 55.0 Å². The van der Waals surface area contributed by atoms with Gasteiger partial charge in [0.1, 0.15) is 5.75 Å². The largest absolute Gasteiger partial charge is 0.483 e. The minimum Gasteiger partial charge on any atom is -0.483 e. The third kappa shape index (κ3) is 5.04. The highest BCUT2D eigenvalue weighted by Crippen LogP contribution is 2.31. The first kappa shape index (κ1) is 21.3. The van der Waals surface area contributed by atoms with Gasteiger partial charge in [0.05, 0.1) is 23.3 Å². The molecule has 32 heavy (non-hydrogen) atoms. The second-order valence-electron chi connectivity index (χ2n) is 6.99. The van der Waals surface area contributed by atoms with E-state index in [0.717, 1.165) is 22.5 Å². The Morgan fingerprint density at radius 3 is 2.50 bits per heavy atom. The molecule has 7 heteroatoms. The van der Waals surface area contributed by atoms with Crippen molar-refractivity contribution in [1.29, 1.82) is 0 Å². The Hall–Kier alpha value is -3.90. The lowest BCUT2D eigenvalue weighted by Crippen LogP contribution is -2.25. The molecule has 1 heterocycles. The van der Waals surface area contributed by atoms with E-state index in [2.05, 4.69) is 15.6 Å². The Morgan fingerprint density at radius 1 is 1.00 bits per heavy atom. The zero-order chi connectivity index (χ0) is 22.3. The molecule has 1 N–H and O–H groups in total. The van der Waals surface area contributed by atoms with E-state index in [4.69, 9.17) is 16.3 Å². The second-order valence-corrected chi connectivity index (χ2v) is 7.42. The maximum Gasteiger partial charge on any atom is 0.277 e. The number of nitrogens with one attached hydrogen (secondary N) is 1. The number of amides is 1. The SMILES string of the molecule is C/C(=N\NC(=O)COc1ccccc1-c1ccnn1-c1ccccc1)c1ccc(Cl)cc1. The maximum atomic E-state index is 12.3. The summed E-state index contributed by atoms with van der Waals surface area (Å²) in [5, 5.41) is 9.22. The van der Waals surface area contributed by atoms with Crippen molar-refractivity contribution >= 4 is 23.2 Å². The summed E-state index contributed by atoms with van der Waals surface area (Å²) >= 11 is 5.91. The number of hydrogen-bond acceptors (Lipinski definition) is 4. The molecule has 3 aromatic carbocycles. The molecule has 0 bridgehead atoms. The molecule has 0 radical (unpaired) electrons. The van der Waals surface area contributed by atoms with Crippen LogP contribution in [0.25, 0.3) is 16.9 Å². The Labute approximate surface area is 191 Å². The van der Waals surface area contributed by atoms with Gasteiger partial charge in [0.15, 0.2) is 6.61 Å². The van der Waals surface area contributed by atoms with Crippen molar-refractivity contribution in [1.82, 2.24) is 15.2 Å². The smallest absolute Gasteiger partial charge is 0.277 e. The van der Waals surface area contributed by atoms with E-state index >= 15 is 0 Å². The van der Waals surface area contributed by atoms with E-state index in [-0.39, 0.29) is 12.5 Å². The van der Waals surface area contributed by atoms with Crippen LogP contribution in [0.1, 0.15) is 12.5 Å². The molecule has 0 aliphatic rings. The summed E-state index contributed by atoms with van der Waals surface area (Å²) in [6, 6.07) is 26.5. The van der Waals surface area contributed by atoms with Crippen molar-refractivity contribution in [2.24, 2.45) is 5.10 Å². The fourth-order valence-corrected chi connectivity index (χ4v) is 3.29. The van der Waals surface area contributed by atoms with Gasteiger partial charge in [-0.2, -0.15) is 10.2 Å². The van der Waals surface area contributed by atoms with Gasteiger partial charge in [0.2, 0.25) is 0 Å². The minimum absolute atomic E-state index is 0.173. The van der Waals surface area contributed by atoms with Crippen molar-refractivity contribution in [2.45, 2.75) is 6.92 Å². The van der Waals surface area contributed by atoms with Crippen LogP contribution in [-0.4, -0.2) is 28.0 Å². The summed E-state index contributed by atoms with van der Waals surface area (Å²) in [4.78, 5) is 12.3. The molecule has 0 atom stereocenters. The Morgan fingerprint density at radius 2 is 1.72 bits per heavy atom. The van der Waals surface area contributed by atoms with E-state index in [1.54, 1.807) is 18.3 Å². The third-order valence-electron chi connectivity index (χ3n) is 4.78. The van der Waals surface area contributed by atoms with Crippen LogP contribution >= 0.6 is 11.6 Å². The molecule has 160 valence electrons. The summed E-state index contributed by atoms with van der Waals surface area (Å²) in [6.45, 7) is 1.64. The monoisotopic (exact) mass is 444 g/mol. The van der Waals surface area contributed by atoms with E-state index in [1.807, 2.05) is 84.4 Å². The Balaban J connectivity index is 1.46. The average molecular weight is 445 g/mol. The molecule has 0 unspecified atom stereocenters. The van der Waals surface area contributed by atoms with Crippen LogP contribution in [0.15, 0.2) is 96.2 Å². The van der Waals surface area contributed by atoms with Crippen molar-refractivity contribution in [3.8, 4) is 22.7 Å². The Kier molecular flexibility index (Phi) is 6.63. The third-order valence-corrected chi connectivity index (χ3v) is 5.03. The lowest BCUT2D eigenvalue weighted by Gasteiger charge is -2.13. The molecule has 0 aliphatic carbocycles. The van der Waals surface area contributed by atoms with E-state index in [1.165, 1.54) is 0 Å². The number of rotatable bonds is 7. The number of benzene rings is 3. The van der Waals surface area contributed by atoms with Crippen LogP contribution in [0.2, 0.25) is 5.02 Å². The molecule has 0 spiro atoms. The molecular weight excluding hydrogens is 424 g/mol. The fourth-order valence-electron chi connectivity index (χ4n) is 3.16. The van der Waals surface area contributed by atoms with Gasteiger partial charge in [0.25, 0.3) is 5.91 Å². The number of nitrogens with zero attached hydrogens (tertiary/aromatic N) is 3. The highest BCUT2D eigenvalue weighted by atomic mass is 35.5. The normalized spacial score (nSPS) is 11.2. The zero-order valence-electron chi connectivity index (χ0n) is 17.4. The number of hydrazone groups is 1. The first-order valence-corrected chi connectivity index (χ1v) is 10.4. The highest BCUT2D eigenvalue weighted by Gasteiger charge is 2.13. The Bertz CT molecular complexity index is 1230. The first-order chi connectivity index (χ1) is 15.6. The average Bonchev–Trinajstić information content (AvgIpc) is 3.32. The molecular formula is C25H21ClN4O2. The van der Waals surface area contributed by atoms with Gasteiger partial charge in [-0.15, -0.1) is 0 Å². The van der Waals surface area contributed by atoms with Crippen LogP contribution in [-0.2, 0) is 4.79 Å². The number of hydrogen-bond donors (Lipinski definition) is 1. The number of carbonyl (C=O) groups excluding carboxylic acids is 1. The molecule has 0 saturated heterocycles. The van der Waals surface area contributed by atoms with Crippen LogP contribution in [0.5, 0.6) is 5.75 Å². The molecule has 4 rings (SSSR count). The number of carbonyl (C=O) groups is 1. The molecule has 1 amide bonds. The molecule has 0 saturated carbocycles. The van der Waals surface area contributed by atoms with E-state index in [0.29, 0.717) is 16.5 Å². The van der Waals surface area contributed by atoms with Crippen LogP contribution in [0.3, 0.4) is 0 Å². The molecule has 6 nitrogen and oxygen atoms in total. The number of halogens is 1. The summed E-state index contributed by atoms with van der Waals surface area (Å²) in [7, 11) is 0. The van der Waals surface area contributed by atoms with Crippen molar-refractivity contribution in [2.75, 3.05) is 6.61 Å². The van der Waals surface area contributed by atoms with Crippen molar-refractivity contribution in [3.05, 3.63) is 102 Å². The van der Waals surface area contributed by atoms with Crippen LogP contribution in [0, 0.1) is 0 Å². The molecule has 1 aromatic heterocycles. The van der Waals surface area contributed by atoms with Gasteiger partial charge in [0, 0.05) is 10.6 Å². The van der Waals surface area contributed by atoms with Crippen molar-refractivity contribution < 1.29 is 9.53 Å². The van der Waals surface area contributed by atoms with E-state index in [9.17, 15) is 4.79 Å². The predicted octanol–water partition coefficient (Wildman–Crippen LogP) is 5.11. The first-order valence-electron chi connectivity index (χ1n) is 10.0. The van der Waals surface area contributed by atoms with E-state index < -0.39 is 0 Å². The number of ether oxygens (including phenoxy) is 1. The van der Waals surface area contributed by atoms with Gasteiger partial charge >= 0.3 is 0 Å². The maximum absolute atomic E-state index is 12.3. The van der Waals surface area contributed by atoms with Crippen molar-refractivity contribution in [3.63, 3.8) is 0 Å². The summed E-state index contributed by atoms with van der Waals surface area (Å²) < 4.78 is 7.66. The fraction of sp³-hybridized carbons (Fsp3) is 0.0800. The lowest BCUT2D eigenvalue weighted by molar-refractivity contribution is -0.123.